The number of aliphatic hydroxyl groups excluding tert-OH is 2. The Balaban J connectivity index is 3.75. The molecule has 71 heavy (non-hydrogen) atoms. The van der Waals surface area contributed by atoms with Crippen LogP contribution in [0.5, 0.6) is 0 Å². The molecule has 0 radical (unpaired) electrons. The van der Waals surface area contributed by atoms with E-state index in [1.54, 1.807) is 0 Å². The topological polar surface area (TPSA) is 201 Å². The van der Waals surface area contributed by atoms with Gasteiger partial charge in [-0.2, -0.15) is 0 Å². The second-order valence-corrected chi connectivity index (χ2v) is 16.2. The number of nitrogens with zero attached hydrogens (tertiary/aromatic N) is 1. The maximum Gasteiger partial charge on any atom is 0.0701 e. The Hall–Kier alpha value is -0.800. The minimum atomic E-state index is 0.0220. The van der Waals surface area contributed by atoms with Gasteiger partial charge in [-0.1, -0.05) is 64.7 Å². The summed E-state index contributed by atoms with van der Waals surface area (Å²) in [6.07, 6.45) is 14.3. The zero-order valence-electron chi connectivity index (χ0n) is 44.6. The fraction of sp³-hybridized carbons (Fsp3) is 1.00. The summed E-state index contributed by atoms with van der Waals surface area (Å²) in [5, 5.41) is 17.3. The van der Waals surface area contributed by atoms with Gasteiger partial charge >= 0.3 is 0 Å². The fourth-order valence-electron chi connectivity index (χ4n) is 6.37. The van der Waals surface area contributed by atoms with Crippen LogP contribution in [0.25, 0.3) is 0 Å². The zero-order valence-corrected chi connectivity index (χ0v) is 44.6. The molecule has 0 fully saturated rings. The predicted molar refractivity (Wildman–Crippen MR) is 271 cm³/mol. The van der Waals surface area contributed by atoms with E-state index in [0.717, 1.165) is 26.1 Å². The van der Waals surface area contributed by atoms with Crippen molar-refractivity contribution in [1.82, 2.24) is 4.90 Å². The van der Waals surface area contributed by atoms with Crippen molar-refractivity contribution < 1.29 is 90.7 Å². The van der Waals surface area contributed by atoms with Gasteiger partial charge in [0.05, 0.1) is 231 Å². The predicted octanol–water partition coefficient (Wildman–Crippen LogP) is 3.87. The summed E-state index contributed by atoms with van der Waals surface area (Å²) in [5.74, 6) is 0. The third-order valence-electron chi connectivity index (χ3n) is 10.2. The quantitative estimate of drug-likeness (QED) is 0.0832. The average molecular weight is 1040 g/mol. The van der Waals surface area contributed by atoms with Crippen molar-refractivity contribution in [2.45, 2.75) is 77.6 Å². The van der Waals surface area contributed by atoms with Crippen LogP contribution in [0.4, 0.5) is 0 Å². The van der Waals surface area contributed by atoms with Gasteiger partial charge in [-0.3, -0.25) is 0 Å². The van der Waals surface area contributed by atoms with Crippen LogP contribution in [-0.2, 0) is 80.5 Å². The maximum atomic E-state index is 8.64. The minimum absolute atomic E-state index is 0.0220. The van der Waals surface area contributed by atoms with Crippen molar-refractivity contribution in [3.63, 3.8) is 0 Å². The van der Waals surface area contributed by atoms with Crippen molar-refractivity contribution in [1.29, 1.82) is 0 Å². The smallest absolute Gasteiger partial charge is 0.0701 e. The summed E-state index contributed by atoms with van der Waals surface area (Å²) in [6, 6.07) is 0. The van der Waals surface area contributed by atoms with Crippen molar-refractivity contribution in [3.05, 3.63) is 0 Å². The Morgan fingerprint density at radius 3 is 0.648 bits per heavy atom. The molecule has 0 amide bonds. The van der Waals surface area contributed by atoms with Crippen LogP contribution in [0.3, 0.4) is 0 Å². The van der Waals surface area contributed by atoms with E-state index in [-0.39, 0.29) is 13.2 Å². The first kappa shape index (κ1) is 70.2. The molecule has 2 N–H and O–H groups in total. The van der Waals surface area contributed by atoms with Gasteiger partial charge in [0.25, 0.3) is 0 Å². The first-order valence-corrected chi connectivity index (χ1v) is 27.1. The van der Waals surface area contributed by atoms with E-state index in [1.807, 2.05) is 0 Å². The molecule has 0 spiro atoms. The molecule has 20 nitrogen and oxygen atoms in total. The number of aliphatic hydroxyl groups is 2. The molecular weight excluding hydrogens is 931 g/mol. The molecule has 0 aliphatic heterocycles. The van der Waals surface area contributed by atoms with Crippen molar-refractivity contribution in [3.8, 4) is 0 Å². The summed E-state index contributed by atoms with van der Waals surface area (Å²) < 4.78 is 93.8. The maximum absolute atomic E-state index is 8.64. The molecule has 0 unspecified atom stereocenters. The molecule has 428 valence electrons. The van der Waals surface area contributed by atoms with Gasteiger partial charge in [0.2, 0.25) is 0 Å². The Morgan fingerprint density at radius 1 is 0.197 bits per heavy atom. The fourth-order valence-corrected chi connectivity index (χ4v) is 6.37. The van der Waals surface area contributed by atoms with E-state index < -0.39 is 0 Å². The van der Waals surface area contributed by atoms with Crippen molar-refractivity contribution >= 4 is 0 Å². The summed E-state index contributed by atoms with van der Waals surface area (Å²) in [4.78, 5) is 2.51. The minimum Gasteiger partial charge on any atom is -0.394 e. The van der Waals surface area contributed by atoms with E-state index in [0.29, 0.717) is 225 Å². The van der Waals surface area contributed by atoms with E-state index in [4.69, 9.17) is 90.7 Å². The summed E-state index contributed by atoms with van der Waals surface area (Å²) >= 11 is 0. The summed E-state index contributed by atoms with van der Waals surface area (Å²) in [5.41, 5.74) is 0. The lowest BCUT2D eigenvalue weighted by atomic mass is 10.1. The van der Waals surface area contributed by atoms with Crippen LogP contribution in [0, 0.1) is 0 Å². The van der Waals surface area contributed by atoms with Crippen LogP contribution in [-0.4, -0.2) is 273 Å². The highest BCUT2D eigenvalue weighted by molar-refractivity contribution is 4.59. The van der Waals surface area contributed by atoms with Crippen LogP contribution in [0.1, 0.15) is 77.6 Å². The molecule has 0 atom stereocenters. The van der Waals surface area contributed by atoms with E-state index in [2.05, 4.69) is 11.8 Å². The summed E-state index contributed by atoms with van der Waals surface area (Å²) in [6.45, 7) is 22.6. The highest BCUT2D eigenvalue weighted by Gasteiger charge is 2.06. The molecule has 0 saturated carbocycles. The first-order chi connectivity index (χ1) is 35.3. The number of rotatable bonds is 67. The van der Waals surface area contributed by atoms with Gasteiger partial charge in [-0.25, -0.2) is 0 Å². The standard InChI is InChI=1S/C51H105NO19/c1-2-3-4-5-6-7-8-9-10-11-13-52(14-12-18-55-22-26-59-30-34-63-38-42-67-46-48-69-44-40-65-36-32-61-28-24-57-20-16-53)15-19-56-23-27-60-31-35-64-39-43-68-47-50-71-51-49-70-45-41-66-37-33-62-29-25-58-21-17-54/h53-54H,2-51H2,1H3. The summed E-state index contributed by atoms with van der Waals surface area (Å²) in [7, 11) is 0. The third-order valence-corrected chi connectivity index (χ3v) is 10.2. The highest BCUT2D eigenvalue weighted by atomic mass is 16.6. The normalized spacial score (nSPS) is 11.8. The second-order valence-electron chi connectivity index (χ2n) is 16.2. The molecule has 0 aromatic rings. The molecule has 0 aromatic heterocycles. The van der Waals surface area contributed by atoms with Crippen molar-refractivity contribution in [2.24, 2.45) is 0 Å². The number of hydrogen-bond acceptors (Lipinski definition) is 20. The van der Waals surface area contributed by atoms with Crippen LogP contribution >= 0.6 is 0 Å². The van der Waals surface area contributed by atoms with Gasteiger partial charge in [-0.15, -0.1) is 0 Å². The van der Waals surface area contributed by atoms with Crippen LogP contribution < -0.4 is 0 Å². The first-order valence-electron chi connectivity index (χ1n) is 27.1. The van der Waals surface area contributed by atoms with E-state index >= 15 is 0 Å². The lowest BCUT2D eigenvalue weighted by molar-refractivity contribution is -0.0258. The monoisotopic (exact) mass is 1040 g/mol. The van der Waals surface area contributed by atoms with E-state index in [1.165, 1.54) is 64.2 Å². The zero-order chi connectivity index (χ0) is 51.0. The SMILES string of the molecule is CCCCCCCCCCCCN(CCCOCCOCCOCCOCCOCCOCCOCCOCCO)CCOCCOCCOCCOCCOCCOCCOCCOCCOCCO. The third kappa shape index (κ3) is 65.3. The Kier molecular flexibility index (Phi) is 66.5. The Labute approximate surface area is 429 Å². The molecular formula is C51H105NO19. The number of hydrogen-bond donors (Lipinski definition) is 2. The molecule has 0 aliphatic rings. The average Bonchev–Trinajstić information content (AvgIpc) is 3.38. The van der Waals surface area contributed by atoms with Gasteiger partial charge in [0.15, 0.2) is 0 Å². The van der Waals surface area contributed by atoms with Gasteiger partial charge < -0.3 is 95.6 Å². The number of unbranched alkanes of at least 4 members (excludes halogenated alkanes) is 9. The molecule has 0 saturated heterocycles. The largest absolute Gasteiger partial charge is 0.394 e. The second kappa shape index (κ2) is 67.2. The highest BCUT2D eigenvalue weighted by Crippen LogP contribution is 2.11. The van der Waals surface area contributed by atoms with Gasteiger partial charge in [0.1, 0.15) is 0 Å². The van der Waals surface area contributed by atoms with Crippen LogP contribution in [0.15, 0.2) is 0 Å². The molecule has 0 heterocycles. The Bertz CT molecular complexity index is 925. The Morgan fingerprint density at radius 2 is 0.394 bits per heavy atom. The molecule has 0 aliphatic carbocycles. The lowest BCUT2D eigenvalue weighted by Gasteiger charge is -2.22. The molecule has 0 aromatic carbocycles. The van der Waals surface area contributed by atoms with Gasteiger partial charge in [0, 0.05) is 19.7 Å². The van der Waals surface area contributed by atoms with Gasteiger partial charge in [-0.05, 0) is 19.4 Å². The molecule has 20 heteroatoms. The van der Waals surface area contributed by atoms with Crippen molar-refractivity contribution in [2.75, 3.05) is 257 Å². The lowest BCUT2D eigenvalue weighted by Crippen LogP contribution is -2.31. The van der Waals surface area contributed by atoms with Crippen LogP contribution in [0.2, 0.25) is 0 Å². The molecule has 0 bridgehead atoms. The molecule has 0 rings (SSSR count). The van der Waals surface area contributed by atoms with E-state index in [9.17, 15) is 0 Å². The number of ether oxygens (including phenoxy) is 17.